The van der Waals surface area contributed by atoms with Crippen LogP contribution in [0, 0.1) is 11.3 Å². The Bertz CT molecular complexity index is 904. The van der Waals surface area contributed by atoms with Gasteiger partial charge in [-0.05, 0) is 50.0 Å². The molecule has 3 heterocycles. The molecule has 2 aliphatic rings. The van der Waals surface area contributed by atoms with Gasteiger partial charge in [-0.1, -0.05) is 26.8 Å². The average Bonchev–Trinajstić information content (AvgIpc) is 3.18. The van der Waals surface area contributed by atoms with Crippen LogP contribution in [0.1, 0.15) is 63.2 Å². The number of ether oxygens (including phenoxy) is 1. The lowest BCUT2D eigenvalue weighted by atomic mass is 9.74. The third-order valence-corrected chi connectivity index (χ3v) is 7.12. The Balaban J connectivity index is 1.52. The molecule has 0 bridgehead atoms. The maximum atomic E-state index is 13.0. The summed E-state index contributed by atoms with van der Waals surface area (Å²) in [4.78, 5) is 26.1. The normalized spacial score (nSPS) is 26.2. The van der Waals surface area contributed by atoms with E-state index in [1.807, 2.05) is 19.2 Å². The third-order valence-electron chi connectivity index (χ3n) is 6.22. The summed E-state index contributed by atoms with van der Waals surface area (Å²) < 4.78 is 5.86. The number of anilines is 1. The van der Waals surface area contributed by atoms with Gasteiger partial charge in [-0.15, -0.1) is 11.3 Å². The van der Waals surface area contributed by atoms with Crippen LogP contribution in [0.25, 0.3) is 0 Å². The highest BCUT2D eigenvalue weighted by molar-refractivity contribution is 7.09. The van der Waals surface area contributed by atoms with Crippen molar-refractivity contribution in [2.75, 3.05) is 18.0 Å². The Morgan fingerprint density at radius 2 is 2.10 bits per heavy atom. The Morgan fingerprint density at radius 3 is 2.77 bits per heavy atom. The molecule has 1 aliphatic carbocycles. The van der Waals surface area contributed by atoms with Gasteiger partial charge in [0.05, 0.1) is 23.9 Å². The van der Waals surface area contributed by atoms with E-state index in [-0.39, 0.29) is 35.5 Å². The summed E-state index contributed by atoms with van der Waals surface area (Å²) in [7, 11) is 0. The van der Waals surface area contributed by atoms with Gasteiger partial charge >= 0.3 is 0 Å². The van der Waals surface area contributed by atoms with Crippen molar-refractivity contribution in [3.63, 3.8) is 0 Å². The van der Waals surface area contributed by atoms with E-state index in [0.29, 0.717) is 0 Å². The van der Waals surface area contributed by atoms with Gasteiger partial charge in [0.25, 0.3) is 0 Å². The number of nitrogens with zero attached hydrogens (tertiary/aromatic N) is 3. The zero-order chi connectivity index (χ0) is 22.2. The third kappa shape index (κ3) is 5.26. The molecule has 0 radical (unpaired) electrons. The van der Waals surface area contributed by atoms with Gasteiger partial charge in [-0.2, -0.15) is 0 Å². The number of aromatic nitrogens is 2. The van der Waals surface area contributed by atoms with E-state index < -0.39 is 0 Å². The number of nitrogens with one attached hydrogen (secondary N) is 1. The molecular formula is C24H34N4O2S. The molecule has 4 atom stereocenters. The van der Waals surface area contributed by atoms with Gasteiger partial charge in [0.1, 0.15) is 0 Å². The summed E-state index contributed by atoms with van der Waals surface area (Å²) >= 11 is 1.70. The number of carbonyl (C=O) groups is 1. The van der Waals surface area contributed by atoms with Crippen molar-refractivity contribution in [1.29, 1.82) is 0 Å². The maximum absolute atomic E-state index is 13.0. The van der Waals surface area contributed by atoms with E-state index in [4.69, 9.17) is 14.7 Å². The minimum absolute atomic E-state index is 0.0476. The van der Waals surface area contributed by atoms with Gasteiger partial charge in [-0.3, -0.25) is 4.79 Å². The lowest BCUT2D eigenvalue weighted by molar-refractivity contribution is -0.125. The highest BCUT2D eigenvalue weighted by Crippen LogP contribution is 2.40. The van der Waals surface area contributed by atoms with E-state index in [2.05, 4.69) is 49.4 Å². The minimum Gasteiger partial charge on any atom is -0.372 e. The molecule has 0 saturated carbocycles. The van der Waals surface area contributed by atoms with E-state index >= 15 is 0 Å². The van der Waals surface area contributed by atoms with Crippen LogP contribution in [0.3, 0.4) is 0 Å². The minimum atomic E-state index is -0.0661. The molecule has 31 heavy (non-hydrogen) atoms. The van der Waals surface area contributed by atoms with Crippen molar-refractivity contribution in [2.24, 2.45) is 11.3 Å². The first-order valence-corrected chi connectivity index (χ1v) is 12.2. The topological polar surface area (TPSA) is 67.4 Å². The predicted molar refractivity (Wildman–Crippen MR) is 124 cm³/mol. The lowest BCUT2D eigenvalue weighted by Crippen LogP contribution is -2.46. The van der Waals surface area contributed by atoms with Crippen molar-refractivity contribution in [3.8, 4) is 0 Å². The summed E-state index contributed by atoms with van der Waals surface area (Å²) in [5.41, 5.74) is 2.19. The Kier molecular flexibility index (Phi) is 6.35. The van der Waals surface area contributed by atoms with Crippen LogP contribution >= 0.6 is 11.3 Å². The van der Waals surface area contributed by atoms with Gasteiger partial charge in [0.2, 0.25) is 11.9 Å². The fraction of sp³-hybridized carbons (Fsp3) is 0.625. The molecule has 0 spiro atoms. The zero-order valence-corrected chi connectivity index (χ0v) is 20.0. The largest absolute Gasteiger partial charge is 0.372 e. The standard InChI is InChI=1S/C24H34N4O2S/c1-15(9-18-7-6-8-31-18)22(29)26-20-10-24(4,5)11-21-19(20)12-25-23(27-21)28-13-16(2)30-17(3)14-28/h6-8,12,15-17,20H,9-11,13-14H2,1-5H3,(H,26,29)/t15-,16+,17+,20-/m0/s1. The van der Waals surface area contributed by atoms with Gasteiger partial charge in [0.15, 0.2) is 0 Å². The molecule has 7 heteroatoms. The van der Waals surface area contributed by atoms with Crippen LogP contribution in [-0.4, -0.2) is 41.2 Å². The zero-order valence-electron chi connectivity index (χ0n) is 19.2. The van der Waals surface area contributed by atoms with Gasteiger partial charge in [-0.25, -0.2) is 9.97 Å². The summed E-state index contributed by atoms with van der Waals surface area (Å²) in [6.45, 7) is 12.3. The Morgan fingerprint density at radius 1 is 1.35 bits per heavy atom. The van der Waals surface area contributed by atoms with Crippen molar-refractivity contribution in [1.82, 2.24) is 15.3 Å². The van der Waals surface area contributed by atoms with Crippen molar-refractivity contribution >= 4 is 23.2 Å². The molecule has 1 fully saturated rings. The van der Waals surface area contributed by atoms with Crippen LogP contribution in [0.2, 0.25) is 0 Å². The molecule has 0 unspecified atom stereocenters. The second-order valence-corrected chi connectivity index (χ2v) is 11.1. The highest BCUT2D eigenvalue weighted by atomic mass is 32.1. The maximum Gasteiger partial charge on any atom is 0.225 e. The average molecular weight is 443 g/mol. The molecule has 168 valence electrons. The molecule has 4 rings (SSSR count). The number of hydrogen-bond acceptors (Lipinski definition) is 6. The van der Waals surface area contributed by atoms with E-state index in [0.717, 1.165) is 49.6 Å². The first-order valence-electron chi connectivity index (χ1n) is 11.3. The smallest absolute Gasteiger partial charge is 0.225 e. The second-order valence-electron chi connectivity index (χ2n) is 10.0. The van der Waals surface area contributed by atoms with E-state index in [1.54, 1.807) is 11.3 Å². The molecule has 2 aromatic rings. The highest BCUT2D eigenvalue weighted by Gasteiger charge is 2.36. The first-order chi connectivity index (χ1) is 14.7. The summed E-state index contributed by atoms with van der Waals surface area (Å²) in [5, 5.41) is 5.37. The first kappa shape index (κ1) is 22.2. The number of carbonyl (C=O) groups excluding carboxylic acids is 1. The fourth-order valence-corrected chi connectivity index (χ4v) is 5.63. The quantitative estimate of drug-likeness (QED) is 0.753. The SMILES string of the molecule is C[C@@H]1CN(c2ncc3c(n2)CC(C)(C)C[C@@H]3NC(=O)[C@@H](C)Cc2cccs2)C[C@@H](C)O1. The number of morpholine rings is 1. The molecule has 1 aliphatic heterocycles. The summed E-state index contributed by atoms with van der Waals surface area (Å²) in [5.74, 6) is 0.806. The number of amides is 1. The molecule has 1 N–H and O–H groups in total. The van der Waals surface area contributed by atoms with Crippen LogP contribution < -0.4 is 10.2 Å². The fourth-order valence-electron chi connectivity index (χ4n) is 4.80. The number of thiophene rings is 1. The summed E-state index contributed by atoms with van der Waals surface area (Å²) in [6, 6.07) is 4.08. The predicted octanol–water partition coefficient (Wildman–Crippen LogP) is 4.16. The van der Waals surface area contributed by atoms with Gasteiger partial charge in [0, 0.05) is 35.6 Å². The van der Waals surface area contributed by atoms with Crippen LogP contribution in [0.4, 0.5) is 5.95 Å². The molecule has 1 saturated heterocycles. The molecule has 2 aromatic heterocycles. The molecule has 6 nitrogen and oxygen atoms in total. The van der Waals surface area contributed by atoms with Crippen LogP contribution in [-0.2, 0) is 22.4 Å². The monoisotopic (exact) mass is 442 g/mol. The number of rotatable bonds is 5. The lowest BCUT2D eigenvalue weighted by Gasteiger charge is -2.38. The second kappa shape index (κ2) is 8.87. The number of hydrogen-bond donors (Lipinski definition) is 1. The van der Waals surface area contributed by atoms with E-state index in [9.17, 15) is 4.79 Å². The summed E-state index contributed by atoms with van der Waals surface area (Å²) in [6.07, 6.45) is 4.83. The number of fused-ring (bicyclic) bond motifs is 1. The molecule has 0 aromatic carbocycles. The molecular weight excluding hydrogens is 408 g/mol. The Hall–Kier alpha value is -1.99. The van der Waals surface area contributed by atoms with E-state index in [1.165, 1.54) is 4.88 Å². The van der Waals surface area contributed by atoms with Crippen molar-refractivity contribution < 1.29 is 9.53 Å². The van der Waals surface area contributed by atoms with Crippen LogP contribution in [0.5, 0.6) is 0 Å². The van der Waals surface area contributed by atoms with Gasteiger partial charge < -0.3 is 15.0 Å². The van der Waals surface area contributed by atoms with Crippen molar-refractivity contribution in [3.05, 3.63) is 39.8 Å². The van der Waals surface area contributed by atoms with Crippen molar-refractivity contribution in [2.45, 2.75) is 72.1 Å². The van der Waals surface area contributed by atoms with Crippen LogP contribution in [0.15, 0.2) is 23.7 Å². The molecule has 1 amide bonds. The Labute approximate surface area is 189 Å².